The third-order valence-electron chi connectivity index (χ3n) is 3.95. The zero-order chi connectivity index (χ0) is 13.3. The molecule has 106 valence electrons. The summed E-state index contributed by atoms with van der Waals surface area (Å²) in [7, 11) is -1.26. The van der Waals surface area contributed by atoms with Crippen molar-refractivity contribution < 1.29 is 13.2 Å². The number of piperazine rings is 1. The van der Waals surface area contributed by atoms with Crippen LogP contribution in [0.5, 0.6) is 0 Å². The Labute approximate surface area is 110 Å². The topological polar surface area (TPSA) is 53.1 Å². The van der Waals surface area contributed by atoms with E-state index in [2.05, 4.69) is 18.7 Å². The van der Waals surface area contributed by atoms with E-state index in [-0.39, 0.29) is 12.1 Å². The highest BCUT2D eigenvalue weighted by molar-refractivity contribution is 7.86. The van der Waals surface area contributed by atoms with Crippen LogP contribution in [0, 0.1) is 0 Å². The summed E-state index contributed by atoms with van der Waals surface area (Å²) in [4.78, 5) is 2.23. The predicted molar refractivity (Wildman–Crippen MR) is 69.6 cm³/mol. The molecule has 0 bridgehead atoms. The molecule has 0 radical (unpaired) electrons. The Hall–Kier alpha value is -0.210. The van der Waals surface area contributed by atoms with Crippen molar-refractivity contribution in [2.45, 2.75) is 25.9 Å². The molecule has 0 N–H and O–H groups in total. The van der Waals surface area contributed by atoms with Gasteiger partial charge in [-0.1, -0.05) is 0 Å². The van der Waals surface area contributed by atoms with Gasteiger partial charge in [-0.25, -0.2) is 0 Å². The van der Waals surface area contributed by atoms with Crippen LogP contribution in [0.15, 0.2) is 0 Å². The van der Waals surface area contributed by atoms with E-state index in [0.717, 1.165) is 0 Å². The van der Waals surface area contributed by atoms with Crippen molar-refractivity contribution in [1.82, 2.24) is 13.5 Å². The van der Waals surface area contributed by atoms with Gasteiger partial charge in [0.1, 0.15) is 0 Å². The Morgan fingerprint density at radius 1 is 1.00 bits per heavy atom. The van der Waals surface area contributed by atoms with Crippen molar-refractivity contribution in [3.05, 3.63) is 0 Å². The molecule has 0 unspecified atom stereocenters. The molecule has 0 aliphatic carbocycles. The van der Waals surface area contributed by atoms with Gasteiger partial charge in [-0.2, -0.15) is 17.0 Å². The van der Waals surface area contributed by atoms with E-state index in [1.807, 2.05) is 7.05 Å². The van der Waals surface area contributed by atoms with Gasteiger partial charge in [0.25, 0.3) is 10.2 Å². The number of morpholine rings is 1. The molecule has 0 aromatic rings. The fraction of sp³-hybridized carbons (Fsp3) is 1.00. The highest BCUT2D eigenvalue weighted by Gasteiger charge is 2.37. The van der Waals surface area contributed by atoms with Crippen LogP contribution in [0.2, 0.25) is 0 Å². The fourth-order valence-electron chi connectivity index (χ4n) is 2.48. The summed E-state index contributed by atoms with van der Waals surface area (Å²) in [6.07, 6.45) is 0. The lowest BCUT2D eigenvalue weighted by atomic mass is 10.1. The Balaban J connectivity index is 2.10. The first-order valence-electron chi connectivity index (χ1n) is 6.48. The zero-order valence-corrected chi connectivity index (χ0v) is 12.2. The first-order valence-corrected chi connectivity index (χ1v) is 7.87. The minimum absolute atomic E-state index is 0.254. The third kappa shape index (κ3) is 2.70. The van der Waals surface area contributed by atoms with Gasteiger partial charge >= 0.3 is 0 Å². The van der Waals surface area contributed by atoms with Crippen LogP contribution in [-0.4, -0.2) is 80.5 Å². The minimum atomic E-state index is -3.31. The lowest BCUT2D eigenvalue weighted by Crippen LogP contribution is -2.59. The van der Waals surface area contributed by atoms with Crippen molar-refractivity contribution in [2.24, 2.45) is 0 Å². The summed E-state index contributed by atoms with van der Waals surface area (Å²) < 4.78 is 33.4. The summed E-state index contributed by atoms with van der Waals surface area (Å²) in [6, 6.07) is 0.508. The Morgan fingerprint density at radius 3 is 2.00 bits per heavy atom. The molecule has 0 aromatic heterocycles. The molecule has 7 heteroatoms. The van der Waals surface area contributed by atoms with Gasteiger partial charge in [0, 0.05) is 38.3 Å². The smallest absolute Gasteiger partial charge is 0.282 e. The second kappa shape index (κ2) is 5.42. The Morgan fingerprint density at radius 2 is 1.50 bits per heavy atom. The van der Waals surface area contributed by atoms with Crippen LogP contribution in [0.1, 0.15) is 13.8 Å². The Kier molecular flexibility index (Phi) is 4.28. The average molecular weight is 277 g/mol. The largest absolute Gasteiger partial charge is 0.379 e. The lowest BCUT2D eigenvalue weighted by molar-refractivity contribution is 0.0629. The van der Waals surface area contributed by atoms with Crippen LogP contribution in [0.4, 0.5) is 0 Å². The maximum absolute atomic E-state index is 12.5. The van der Waals surface area contributed by atoms with Gasteiger partial charge in [0.2, 0.25) is 0 Å². The van der Waals surface area contributed by atoms with Crippen molar-refractivity contribution >= 4 is 10.2 Å². The number of likely N-dealkylation sites (N-methyl/N-ethyl adjacent to an activating group) is 1. The van der Waals surface area contributed by atoms with E-state index < -0.39 is 10.2 Å². The summed E-state index contributed by atoms with van der Waals surface area (Å²) in [5.41, 5.74) is 0. The number of hydrogen-bond donors (Lipinski definition) is 0. The number of hydrogen-bond acceptors (Lipinski definition) is 4. The van der Waals surface area contributed by atoms with Gasteiger partial charge in [-0.3, -0.25) is 4.90 Å². The number of nitrogens with zero attached hydrogens (tertiary/aromatic N) is 3. The van der Waals surface area contributed by atoms with Gasteiger partial charge in [0.15, 0.2) is 0 Å². The first-order chi connectivity index (χ1) is 8.43. The van der Waals surface area contributed by atoms with Crippen LogP contribution >= 0.6 is 0 Å². The molecular weight excluding hydrogens is 254 g/mol. The maximum Gasteiger partial charge on any atom is 0.282 e. The summed E-state index contributed by atoms with van der Waals surface area (Å²) in [5, 5.41) is 0. The van der Waals surface area contributed by atoms with Gasteiger partial charge in [0.05, 0.1) is 13.2 Å². The molecule has 18 heavy (non-hydrogen) atoms. The van der Waals surface area contributed by atoms with Crippen molar-refractivity contribution in [2.75, 3.05) is 46.4 Å². The van der Waals surface area contributed by atoms with Crippen LogP contribution in [-0.2, 0) is 14.9 Å². The molecule has 2 saturated heterocycles. The molecule has 0 aromatic carbocycles. The maximum atomic E-state index is 12.5. The lowest BCUT2D eigenvalue weighted by Gasteiger charge is -2.43. The molecule has 2 aliphatic heterocycles. The van der Waals surface area contributed by atoms with E-state index in [4.69, 9.17) is 4.74 Å². The monoisotopic (exact) mass is 277 g/mol. The highest BCUT2D eigenvalue weighted by atomic mass is 32.2. The predicted octanol–water partition coefficient (Wildman–Crippen LogP) is -0.412. The molecule has 6 nitrogen and oxygen atoms in total. The molecule has 0 spiro atoms. The van der Waals surface area contributed by atoms with Crippen molar-refractivity contribution in [1.29, 1.82) is 0 Å². The molecule has 0 amide bonds. The average Bonchev–Trinajstić information content (AvgIpc) is 2.36. The SMILES string of the molecule is C[C@@H]1CN(S(=O)(=O)N2CCOCC2)C[C@H](C)N1C. The van der Waals surface area contributed by atoms with E-state index in [0.29, 0.717) is 39.4 Å². The highest BCUT2D eigenvalue weighted by Crippen LogP contribution is 2.19. The molecule has 2 fully saturated rings. The second-order valence-electron chi connectivity index (χ2n) is 5.20. The molecule has 2 heterocycles. The third-order valence-corrected chi connectivity index (χ3v) is 5.92. The van der Waals surface area contributed by atoms with E-state index >= 15 is 0 Å². The molecule has 2 rings (SSSR count). The van der Waals surface area contributed by atoms with Gasteiger partial charge < -0.3 is 4.74 Å². The first kappa shape index (κ1) is 14.2. The normalized spacial score (nSPS) is 33.7. The van der Waals surface area contributed by atoms with Crippen LogP contribution < -0.4 is 0 Å². The van der Waals surface area contributed by atoms with Crippen LogP contribution in [0.25, 0.3) is 0 Å². The second-order valence-corrected chi connectivity index (χ2v) is 7.13. The summed E-state index contributed by atoms with van der Waals surface area (Å²) in [5.74, 6) is 0. The molecular formula is C11H23N3O3S. The molecule has 2 atom stereocenters. The van der Waals surface area contributed by atoms with Crippen LogP contribution in [0.3, 0.4) is 0 Å². The standard InChI is InChI=1S/C11H23N3O3S/c1-10-8-14(9-11(2)12(10)3)18(15,16)13-4-6-17-7-5-13/h10-11H,4-9H2,1-3H3/t10-,11+. The summed E-state index contributed by atoms with van der Waals surface area (Å²) in [6.45, 7) is 7.21. The van der Waals surface area contributed by atoms with Crippen molar-refractivity contribution in [3.8, 4) is 0 Å². The van der Waals surface area contributed by atoms with E-state index in [1.165, 1.54) is 0 Å². The molecule has 2 aliphatic rings. The van der Waals surface area contributed by atoms with E-state index in [1.54, 1.807) is 8.61 Å². The fourth-order valence-corrected chi connectivity index (χ4v) is 4.23. The van der Waals surface area contributed by atoms with E-state index in [9.17, 15) is 8.42 Å². The van der Waals surface area contributed by atoms with Gasteiger partial charge in [-0.05, 0) is 20.9 Å². The summed E-state index contributed by atoms with van der Waals surface area (Å²) >= 11 is 0. The zero-order valence-electron chi connectivity index (χ0n) is 11.4. The van der Waals surface area contributed by atoms with Crippen molar-refractivity contribution in [3.63, 3.8) is 0 Å². The number of ether oxygens (including phenoxy) is 1. The van der Waals surface area contributed by atoms with Gasteiger partial charge in [-0.15, -0.1) is 0 Å². The quantitative estimate of drug-likeness (QED) is 0.688. The Bertz CT molecular complexity index is 369. The minimum Gasteiger partial charge on any atom is -0.379 e. The number of rotatable bonds is 2. The molecule has 0 saturated carbocycles.